The highest BCUT2D eigenvalue weighted by molar-refractivity contribution is 8.14. The van der Waals surface area contributed by atoms with Gasteiger partial charge in [-0.25, -0.2) is 8.78 Å². The lowest BCUT2D eigenvalue weighted by Crippen LogP contribution is -2.70. The van der Waals surface area contributed by atoms with Gasteiger partial charge in [-0.1, -0.05) is 31.7 Å². The average Bonchev–Trinajstić information content (AvgIpc) is 3.64. The van der Waals surface area contributed by atoms with E-state index in [4.69, 9.17) is 14.2 Å². The van der Waals surface area contributed by atoms with E-state index in [0.717, 1.165) is 17.8 Å². The van der Waals surface area contributed by atoms with E-state index >= 15 is 8.78 Å². The van der Waals surface area contributed by atoms with Crippen molar-refractivity contribution in [1.29, 1.82) is 0 Å². The molecule has 0 aromatic heterocycles. The third-order valence-electron chi connectivity index (χ3n) is 11.1. The van der Waals surface area contributed by atoms with Crippen LogP contribution in [0, 0.1) is 34.5 Å². The van der Waals surface area contributed by atoms with Crippen LogP contribution in [-0.4, -0.2) is 76.6 Å². The molecule has 0 radical (unpaired) electrons. The van der Waals surface area contributed by atoms with Gasteiger partial charge >= 0.3 is 11.9 Å². The number of cyclic esters (lactones) is 1. The van der Waals surface area contributed by atoms with Crippen LogP contribution in [0.5, 0.6) is 0 Å². The number of thioether (sulfide) groups is 1. The van der Waals surface area contributed by atoms with E-state index in [0.29, 0.717) is 19.4 Å². The van der Waals surface area contributed by atoms with Crippen LogP contribution in [0.4, 0.5) is 8.78 Å². The molecule has 8 nitrogen and oxygen atoms in total. The standard InChI is InChI=1S/C30H36F2O8S/c1-15-10-18-19-12-21(31)20-11-17(33)4-7-27(20,2)29(19,32)23(34)13-28(18,3)30(15,40-24(35)16-5-8-38-14-16)26(37)41-22-6-9-39-25(22)36/h4,7,11,15-16,18-19,21-23,34H,5-6,8-10,12-14H2,1-3H3/t15?,16?,18-,19-,21-,22-,23-,27-,28-,29-,30-/m0/s1. The van der Waals surface area contributed by atoms with Crippen LogP contribution in [0.25, 0.3) is 0 Å². The number of hydrogen-bond acceptors (Lipinski definition) is 9. The van der Waals surface area contributed by atoms with Gasteiger partial charge in [-0.2, -0.15) is 0 Å². The van der Waals surface area contributed by atoms with Gasteiger partial charge in [-0.15, -0.1) is 0 Å². The highest BCUT2D eigenvalue weighted by Gasteiger charge is 2.78. The molecule has 3 saturated carbocycles. The molecule has 0 bridgehead atoms. The summed E-state index contributed by atoms with van der Waals surface area (Å²) < 4.78 is 50.2. The van der Waals surface area contributed by atoms with E-state index < -0.39 is 86.1 Å². The highest BCUT2D eigenvalue weighted by Crippen LogP contribution is 2.72. The SMILES string of the molecule is CC1C[C@H]2[C@@H]3C[C@H](F)C4=CC(=O)C=C[C@]4(C)[C@@]3(F)[C@@H](O)C[C@]2(C)[C@@]1(OC(=O)C1CCOC1)C(=O)S[C@H]1CCOC1=O. The number of carbonyl (C=O) groups excluding carboxylic acids is 4. The van der Waals surface area contributed by atoms with Crippen molar-refractivity contribution in [2.75, 3.05) is 19.8 Å². The molecule has 0 spiro atoms. The summed E-state index contributed by atoms with van der Waals surface area (Å²) in [6.07, 6.45) is 0.940. The Morgan fingerprint density at radius 2 is 1.90 bits per heavy atom. The van der Waals surface area contributed by atoms with Crippen LogP contribution >= 0.6 is 11.8 Å². The maximum Gasteiger partial charge on any atom is 0.319 e. The first-order chi connectivity index (χ1) is 19.3. The maximum absolute atomic E-state index is 17.6. The van der Waals surface area contributed by atoms with E-state index in [1.54, 1.807) is 13.8 Å². The van der Waals surface area contributed by atoms with Gasteiger partial charge in [-0.05, 0) is 56.3 Å². The van der Waals surface area contributed by atoms with E-state index in [9.17, 15) is 24.3 Å². The molecule has 11 atom stereocenters. The molecule has 6 rings (SSSR count). The molecule has 5 fully saturated rings. The molecule has 1 N–H and O–H groups in total. The molecule has 0 aromatic carbocycles. The molecule has 2 aliphatic heterocycles. The second-order valence-electron chi connectivity index (χ2n) is 13.1. The number of alkyl halides is 2. The summed E-state index contributed by atoms with van der Waals surface area (Å²) in [7, 11) is 0. The molecule has 11 heteroatoms. The van der Waals surface area contributed by atoms with Crippen molar-refractivity contribution in [3.8, 4) is 0 Å². The van der Waals surface area contributed by atoms with Crippen LogP contribution in [0.15, 0.2) is 23.8 Å². The molecule has 2 unspecified atom stereocenters. The quantitative estimate of drug-likeness (QED) is 0.489. The zero-order chi connectivity index (χ0) is 29.5. The molecule has 2 heterocycles. The molecule has 41 heavy (non-hydrogen) atoms. The van der Waals surface area contributed by atoms with Crippen LogP contribution < -0.4 is 0 Å². The Morgan fingerprint density at radius 3 is 2.56 bits per heavy atom. The average molecular weight is 595 g/mol. The zero-order valence-electron chi connectivity index (χ0n) is 23.4. The Morgan fingerprint density at radius 1 is 1.15 bits per heavy atom. The Balaban J connectivity index is 1.44. The van der Waals surface area contributed by atoms with Crippen molar-refractivity contribution < 1.29 is 47.3 Å². The second-order valence-corrected chi connectivity index (χ2v) is 14.2. The minimum Gasteiger partial charge on any atom is -0.465 e. The second kappa shape index (κ2) is 9.71. The van der Waals surface area contributed by atoms with E-state index in [-0.39, 0.29) is 38.0 Å². The predicted octanol–water partition coefficient (Wildman–Crippen LogP) is 3.45. The molecule has 4 aliphatic carbocycles. The first-order valence-corrected chi connectivity index (χ1v) is 15.3. The molecule has 2 saturated heterocycles. The summed E-state index contributed by atoms with van der Waals surface area (Å²) in [6, 6.07) is 0. The Labute approximate surface area is 241 Å². The number of esters is 2. The lowest BCUT2D eigenvalue weighted by Gasteiger charge is -2.63. The maximum atomic E-state index is 17.6. The largest absolute Gasteiger partial charge is 0.465 e. The van der Waals surface area contributed by atoms with Gasteiger partial charge in [0.1, 0.15) is 11.4 Å². The number of aliphatic hydroxyl groups excluding tert-OH is 1. The Bertz CT molecular complexity index is 1250. The number of halogens is 2. The van der Waals surface area contributed by atoms with Crippen molar-refractivity contribution in [3.05, 3.63) is 23.8 Å². The number of hydrogen-bond donors (Lipinski definition) is 1. The molecular formula is C30H36F2O8S. The van der Waals surface area contributed by atoms with E-state index in [1.165, 1.54) is 19.1 Å². The topological polar surface area (TPSA) is 116 Å². The van der Waals surface area contributed by atoms with Crippen LogP contribution in [0.3, 0.4) is 0 Å². The summed E-state index contributed by atoms with van der Waals surface area (Å²) in [6.45, 7) is 5.73. The van der Waals surface area contributed by atoms with E-state index in [1.807, 2.05) is 0 Å². The number of carbonyl (C=O) groups is 4. The molecule has 224 valence electrons. The first kappa shape index (κ1) is 29.0. The Kier molecular flexibility index (Phi) is 6.86. The molecule has 0 amide bonds. The fraction of sp³-hybridized carbons (Fsp3) is 0.733. The predicted molar refractivity (Wildman–Crippen MR) is 143 cm³/mol. The van der Waals surface area contributed by atoms with Crippen LogP contribution in [-0.2, 0) is 33.4 Å². The lowest BCUT2D eigenvalue weighted by molar-refractivity contribution is -0.230. The molecule has 6 aliphatic rings. The van der Waals surface area contributed by atoms with Crippen molar-refractivity contribution in [3.63, 3.8) is 0 Å². The van der Waals surface area contributed by atoms with Gasteiger partial charge < -0.3 is 19.3 Å². The number of ether oxygens (including phenoxy) is 3. The van der Waals surface area contributed by atoms with E-state index in [2.05, 4.69) is 0 Å². The van der Waals surface area contributed by atoms with Gasteiger partial charge in [0.05, 0.1) is 25.2 Å². The first-order valence-electron chi connectivity index (χ1n) is 14.4. The van der Waals surface area contributed by atoms with Crippen LogP contribution in [0.2, 0.25) is 0 Å². The third-order valence-corrected chi connectivity index (χ3v) is 12.4. The minimum absolute atomic E-state index is 0.0164. The molecule has 0 aromatic rings. The normalized spacial score (nSPS) is 48.6. The van der Waals surface area contributed by atoms with Crippen molar-refractivity contribution in [1.82, 2.24) is 0 Å². The number of allylic oxidation sites excluding steroid dienone is 4. The van der Waals surface area contributed by atoms with Gasteiger partial charge in [0.25, 0.3) is 0 Å². The van der Waals surface area contributed by atoms with Crippen molar-refractivity contribution >= 4 is 34.6 Å². The summed E-state index contributed by atoms with van der Waals surface area (Å²) in [5.41, 5.74) is -6.94. The minimum atomic E-state index is -2.33. The monoisotopic (exact) mass is 594 g/mol. The summed E-state index contributed by atoms with van der Waals surface area (Å²) >= 11 is 0.773. The van der Waals surface area contributed by atoms with Crippen LogP contribution in [0.1, 0.15) is 52.9 Å². The smallest absolute Gasteiger partial charge is 0.319 e. The highest BCUT2D eigenvalue weighted by atomic mass is 32.2. The molecular weight excluding hydrogens is 558 g/mol. The fourth-order valence-corrected chi connectivity index (χ4v) is 10.3. The Hall–Kier alpha value is -2.11. The third kappa shape index (κ3) is 3.83. The number of fused-ring (bicyclic) bond motifs is 5. The number of ketones is 1. The van der Waals surface area contributed by atoms with Gasteiger partial charge in [0, 0.05) is 35.7 Å². The zero-order valence-corrected chi connectivity index (χ0v) is 24.2. The lowest BCUT2D eigenvalue weighted by atomic mass is 9.44. The fourth-order valence-electron chi connectivity index (χ4n) is 8.98. The van der Waals surface area contributed by atoms with Gasteiger partial charge in [0.15, 0.2) is 17.1 Å². The van der Waals surface area contributed by atoms with Crippen molar-refractivity contribution in [2.45, 2.75) is 81.7 Å². The summed E-state index contributed by atoms with van der Waals surface area (Å²) in [4.78, 5) is 52.3. The van der Waals surface area contributed by atoms with Gasteiger partial charge in [-0.3, -0.25) is 19.2 Å². The van der Waals surface area contributed by atoms with Crippen molar-refractivity contribution in [2.24, 2.45) is 34.5 Å². The number of rotatable bonds is 4. The summed E-state index contributed by atoms with van der Waals surface area (Å²) in [5, 5.41) is 10.4. The number of aliphatic hydroxyl groups is 1. The summed E-state index contributed by atoms with van der Waals surface area (Å²) in [5.74, 6) is -4.41. The van der Waals surface area contributed by atoms with Gasteiger partial charge in [0.2, 0.25) is 5.12 Å².